The van der Waals surface area contributed by atoms with Crippen LogP contribution < -0.4 is 0 Å². The largest absolute Gasteiger partial charge is 0.483 e. The Morgan fingerprint density at radius 3 is 2.53 bits per heavy atom. The molecule has 1 amide bonds. The lowest BCUT2D eigenvalue weighted by atomic mass is 9.77. The van der Waals surface area contributed by atoms with Gasteiger partial charge in [-0.05, 0) is 60.9 Å². The lowest BCUT2D eigenvalue weighted by Gasteiger charge is -2.35. The van der Waals surface area contributed by atoms with Crippen LogP contribution in [0.5, 0.6) is 0 Å². The highest BCUT2D eigenvalue weighted by Crippen LogP contribution is 2.47. The van der Waals surface area contributed by atoms with Crippen molar-refractivity contribution >= 4 is 23.5 Å². The number of pyridine rings is 1. The minimum absolute atomic E-state index is 0.102. The molecule has 1 aromatic heterocycles. The number of carbonyl (C=O) groups excluding carboxylic acids is 2. The van der Waals surface area contributed by atoms with Gasteiger partial charge in [-0.25, -0.2) is 0 Å². The molecule has 154 valence electrons. The van der Waals surface area contributed by atoms with Gasteiger partial charge in [0.1, 0.15) is 6.10 Å². The van der Waals surface area contributed by atoms with Gasteiger partial charge in [-0.15, -0.1) is 11.8 Å². The van der Waals surface area contributed by atoms with Crippen LogP contribution in [-0.4, -0.2) is 33.9 Å². The molecular weight excluding hydrogens is 396 g/mol. The Morgan fingerprint density at radius 2 is 1.80 bits per heavy atom. The van der Waals surface area contributed by atoms with Crippen molar-refractivity contribution in [2.75, 3.05) is 6.26 Å². The number of hydrogen-bond acceptors (Lipinski definition) is 5. The molecule has 5 rings (SSSR count). The van der Waals surface area contributed by atoms with Gasteiger partial charge < -0.3 is 9.64 Å². The zero-order chi connectivity index (χ0) is 20.7. The molecule has 0 bridgehead atoms. The van der Waals surface area contributed by atoms with E-state index in [-0.39, 0.29) is 29.5 Å². The first-order valence-corrected chi connectivity index (χ1v) is 11.7. The van der Waals surface area contributed by atoms with E-state index < -0.39 is 6.04 Å². The number of ether oxygens (including phenoxy) is 1. The summed E-state index contributed by atoms with van der Waals surface area (Å²) >= 11 is 1.67. The Morgan fingerprint density at radius 1 is 1.07 bits per heavy atom. The van der Waals surface area contributed by atoms with E-state index in [1.807, 2.05) is 42.7 Å². The van der Waals surface area contributed by atoms with Gasteiger partial charge in [0.2, 0.25) is 0 Å². The zero-order valence-electron chi connectivity index (χ0n) is 16.9. The fraction of sp³-hybridized carbons (Fsp3) is 0.375. The minimum Gasteiger partial charge on any atom is -0.483 e. The average Bonchev–Trinajstić information content (AvgIpc) is 3.06. The van der Waals surface area contributed by atoms with Gasteiger partial charge in [-0.1, -0.05) is 18.6 Å². The van der Waals surface area contributed by atoms with E-state index in [2.05, 4.69) is 4.98 Å². The molecule has 6 heteroatoms. The van der Waals surface area contributed by atoms with Gasteiger partial charge in [-0.3, -0.25) is 14.6 Å². The number of rotatable bonds is 4. The summed E-state index contributed by atoms with van der Waals surface area (Å²) < 4.78 is 6.21. The highest BCUT2D eigenvalue weighted by molar-refractivity contribution is 7.98. The van der Waals surface area contributed by atoms with E-state index in [9.17, 15) is 9.59 Å². The van der Waals surface area contributed by atoms with Crippen LogP contribution in [0.25, 0.3) is 0 Å². The molecule has 3 atom stereocenters. The number of aromatic nitrogens is 1. The van der Waals surface area contributed by atoms with Gasteiger partial charge in [0, 0.05) is 23.8 Å². The Balaban J connectivity index is 1.57. The van der Waals surface area contributed by atoms with Crippen molar-refractivity contribution in [3.8, 4) is 0 Å². The number of carbonyl (C=O) groups is 2. The fourth-order valence-electron chi connectivity index (χ4n) is 4.87. The second-order valence-corrected chi connectivity index (χ2v) is 9.00. The van der Waals surface area contributed by atoms with Gasteiger partial charge in [-0.2, -0.15) is 0 Å². The molecule has 0 N–H and O–H groups in total. The normalized spacial score (nSPS) is 25.8. The highest BCUT2D eigenvalue weighted by Gasteiger charge is 2.51. The van der Waals surface area contributed by atoms with Crippen LogP contribution in [-0.2, 0) is 20.9 Å². The SMILES string of the molecule is CSc1ccc(C2C3=C(OC4CCCCC4C3=O)C(=O)N2Cc2ccncc2)cc1. The maximum atomic E-state index is 13.6. The van der Waals surface area contributed by atoms with Crippen molar-refractivity contribution in [1.29, 1.82) is 0 Å². The molecule has 1 fully saturated rings. The summed E-state index contributed by atoms with van der Waals surface area (Å²) in [7, 11) is 0. The summed E-state index contributed by atoms with van der Waals surface area (Å²) in [5, 5.41) is 0. The molecule has 2 aliphatic heterocycles. The summed E-state index contributed by atoms with van der Waals surface area (Å²) in [6.45, 7) is 0.412. The molecule has 2 aromatic rings. The fourth-order valence-corrected chi connectivity index (χ4v) is 5.28. The number of hydrogen-bond donors (Lipinski definition) is 0. The smallest absolute Gasteiger partial charge is 0.290 e. The molecule has 5 nitrogen and oxygen atoms in total. The Bertz CT molecular complexity index is 1000. The third-order valence-electron chi connectivity index (χ3n) is 6.39. The van der Waals surface area contributed by atoms with Crippen molar-refractivity contribution in [2.45, 2.75) is 49.3 Å². The number of nitrogens with zero attached hydrogens (tertiary/aromatic N) is 2. The van der Waals surface area contributed by atoms with Crippen LogP contribution in [0.4, 0.5) is 0 Å². The first-order valence-electron chi connectivity index (χ1n) is 10.5. The quantitative estimate of drug-likeness (QED) is 0.690. The summed E-state index contributed by atoms with van der Waals surface area (Å²) in [4.78, 5) is 34.0. The van der Waals surface area contributed by atoms with Crippen molar-refractivity contribution in [3.05, 3.63) is 71.3 Å². The van der Waals surface area contributed by atoms with Crippen molar-refractivity contribution in [1.82, 2.24) is 9.88 Å². The first kappa shape index (κ1) is 19.4. The lowest BCUT2D eigenvalue weighted by Crippen LogP contribution is -2.39. The monoisotopic (exact) mass is 420 g/mol. The van der Waals surface area contributed by atoms with Crippen molar-refractivity contribution in [2.24, 2.45) is 5.92 Å². The van der Waals surface area contributed by atoms with Crippen LogP contribution in [0, 0.1) is 5.92 Å². The predicted molar refractivity (Wildman–Crippen MR) is 115 cm³/mol. The van der Waals surface area contributed by atoms with Crippen molar-refractivity contribution < 1.29 is 14.3 Å². The summed E-state index contributed by atoms with van der Waals surface area (Å²) in [5.74, 6) is 0.0684. The highest BCUT2D eigenvalue weighted by atomic mass is 32.2. The molecule has 1 saturated carbocycles. The molecule has 3 aliphatic rings. The maximum absolute atomic E-state index is 13.6. The number of Topliss-reactive ketones (excluding diaryl/α,β-unsaturated/α-hetero) is 1. The number of fused-ring (bicyclic) bond motifs is 1. The van der Waals surface area contributed by atoms with Gasteiger partial charge >= 0.3 is 0 Å². The van der Waals surface area contributed by atoms with E-state index in [4.69, 9.17) is 4.74 Å². The summed E-state index contributed by atoms with van der Waals surface area (Å²) in [6, 6.07) is 11.5. The number of benzene rings is 1. The van der Waals surface area contributed by atoms with Crippen LogP contribution in [0.15, 0.2) is 65.0 Å². The van der Waals surface area contributed by atoms with Crippen molar-refractivity contribution in [3.63, 3.8) is 0 Å². The van der Waals surface area contributed by atoms with Gasteiger partial charge in [0.05, 0.1) is 17.5 Å². The third-order valence-corrected chi connectivity index (χ3v) is 7.14. The van der Waals surface area contributed by atoms with E-state index in [1.165, 1.54) is 0 Å². The molecule has 3 unspecified atom stereocenters. The summed E-state index contributed by atoms with van der Waals surface area (Å²) in [5.41, 5.74) is 2.48. The number of ketones is 1. The van der Waals surface area contributed by atoms with Crippen LogP contribution >= 0.6 is 11.8 Å². The zero-order valence-corrected chi connectivity index (χ0v) is 17.7. The number of amides is 1. The average molecular weight is 421 g/mol. The standard InChI is InChI=1S/C24H24N2O3S/c1-30-17-8-6-16(7-9-17)21-20-22(27)18-4-2-3-5-19(18)29-23(20)24(28)26(21)14-15-10-12-25-13-11-15/h6-13,18-19,21H,2-5,14H2,1H3. The molecule has 1 aliphatic carbocycles. The molecule has 0 radical (unpaired) electrons. The molecule has 0 spiro atoms. The minimum atomic E-state index is -0.410. The Kier molecular flexibility index (Phi) is 5.11. The second kappa shape index (κ2) is 7.91. The molecule has 0 saturated heterocycles. The van der Waals surface area contributed by atoms with E-state index in [0.717, 1.165) is 41.7 Å². The lowest BCUT2D eigenvalue weighted by molar-refractivity contribution is -0.135. The first-order chi connectivity index (χ1) is 14.7. The van der Waals surface area contributed by atoms with E-state index in [0.29, 0.717) is 12.1 Å². The Hall–Kier alpha value is -2.60. The molecule has 1 aromatic carbocycles. The topological polar surface area (TPSA) is 59.5 Å². The van der Waals surface area contributed by atoms with Crippen LogP contribution in [0.2, 0.25) is 0 Å². The predicted octanol–water partition coefficient (Wildman–Crippen LogP) is 4.30. The van der Waals surface area contributed by atoms with Crippen LogP contribution in [0.3, 0.4) is 0 Å². The summed E-state index contributed by atoms with van der Waals surface area (Å²) in [6.07, 6.45) is 9.10. The van der Waals surface area contributed by atoms with Crippen LogP contribution in [0.1, 0.15) is 42.9 Å². The molecule has 3 heterocycles. The van der Waals surface area contributed by atoms with E-state index >= 15 is 0 Å². The number of thioether (sulfide) groups is 1. The maximum Gasteiger partial charge on any atom is 0.290 e. The third kappa shape index (κ3) is 3.23. The van der Waals surface area contributed by atoms with Gasteiger partial charge in [0.15, 0.2) is 11.5 Å². The molecular formula is C24H24N2O3S. The van der Waals surface area contributed by atoms with Gasteiger partial charge in [0.25, 0.3) is 5.91 Å². The molecule has 30 heavy (non-hydrogen) atoms. The Labute approximate surface area is 180 Å². The van der Waals surface area contributed by atoms with E-state index in [1.54, 1.807) is 29.1 Å². The second-order valence-electron chi connectivity index (χ2n) is 8.12.